The van der Waals surface area contributed by atoms with Gasteiger partial charge in [-0.25, -0.2) is 4.98 Å². The second-order valence-corrected chi connectivity index (χ2v) is 4.90. The number of anilines is 1. The highest BCUT2D eigenvalue weighted by molar-refractivity contribution is 5.59. The number of hydrogen-bond acceptors (Lipinski definition) is 4. The van der Waals surface area contributed by atoms with Crippen LogP contribution in [0.2, 0.25) is 0 Å². The van der Waals surface area contributed by atoms with Crippen LogP contribution in [0, 0.1) is 11.3 Å². The minimum Gasteiger partial charge on any atom is -0.495 e. The number of nitriles is 1. The fourth-order valence-corrected chi connectivity index (χ4v) is 2.24. The normalized spacial score (nSPS) is 13.8. The number of nitrogens with zero attached hydrogens (tertiary/aromatic N) is 3. The zero-order chi connectivity index (χ0) is 13.9. The van der Waals surface area contributed by atoms with Gasteiger partial charge in [-0.1, -0.05) is 0 Å². The summed E-state index contributed by atoms with van der Waals surface area (Å²) in [6, 6.07) is 8.12. The standard InChI is InChI=1S/C15H16N4O/c1-20-15-6-11(7-16)2-5-14(15)18-9-13-8-17-10-19(13)12-3-4-12/h2,5-6,8,10,12,18H,3-4,9H2,1H3. The molecular weight excluding hydrogens is 252 g/mol. The van der Waals surface area contributed by atoms with E-state index in [4.69, 9.17) is 10.00 Å². The van der Waals surface area contributed by atoms with Crippen molar-refractivity contribution in [1.29, 1.82) is 5.26 Å². The molecule has 1 aliphatic carbocycles. The topological polar surface area (TPSA) is 62.9 Å². The Hall–Kier alpha value is -2.48. The van der Waals surface area contributed by atoms with Gasteiger partial charge in [-0.15, -0.1) is 0 Å². The molecule has 0 saturated heterocycles. The summed E-state index contributed by atoms with van der Waals surface area (Å²) in [5.74, 6) is 0.682. The number of hydrogen-bond donors (Lipinski definition) is 1. The molecule has 2 aromatic rings. The number of methoxy groups -OCH3 is 1. The van der Waals surface area contributed by atoms with Gasteiger partial charge in [-0.2, -0.15) is 5.26 Å². The lowest BCUT2D eigenvalue weighted by molar-refractivity contribution is 0.416. The zero-order valence-electron chi connectivity index (χ0n) is 11.3. The average Bonchev–Trinajstić information content (AvgIpc) is 3.23. The minimum absolute atomic E-state index is 0.593. The highest BCUT2D eigenvalue weighted by Crippen LogP contribution is 2.36. The van der Waals surface area contributed by atoms with Gasteiger partial charge in [0.1, 0.15) is 5.75 Å². The average molecular weight is 268 g/mol. The van der Waals surface area contributed by atoms with E-state index in [1.54, 1.807) is 19.2 Å². The maximum Gasteiger partial charge on any atom is 0.143 e. The number of imidazole rings is 1. The maximum atomic E-state index is 8.90. The monoisotopic (exact) mass is 268 g/mol. The molecular formula is C15H16N4O. The van der Waals surface area contributed by atoms with E-state index in [-0.39, 0.29) is 0 Å². The van der Waals surface area contributed by atoms with Crippen molar-refractivity contribution in [2.75, 3.05) is 12.4 Å². The lowest BCUT2D eigenvalue weighted by Crippen LogP contribution is -2.06. The maximum absolute atomic E-state index is 8.90. The Bertz CT molecular complexity index is 652. The number of nitrogens with one attached hydrogen (secondary N) is 1. The Morgan fingerprint density at radius 3 is 3.05 bits per heavy atom. The minimum atomic E-state index is 0.593. The summed E-state index contributed by atoms with van der Waals surface area (Å²) in [7, 11) is 1.61. The van der Waals surface area contributed by atoms with Crippen molar-refractivity contribution in [2.45, 2.75) is 25.4 Å². The van der Waals surface area contributed by atoms with Crippen LogP contribution in [0.15, 0.2) is 30.7 Å². The van der Waals surface area contributed by atoms with Crippen molar-refractivity contribution in [1.82, 2.24) is 9.55 Å². The van der Waals surface area contributed by atoms with E-state index in [0.717, 1.165) is 5.69 Å². The first kappa shape index (κ1) is 12.5. The predicted molar refractivity (Wildman–Crippen MR) is 75.5 cm³/mol. The fraction of sp³-hybridized carbons (Fsp3) is 0.333. The molecule has 1 aromatic carbocycles. The summed E-state index contributed by atoms with van der Waals surface area (Å²) in [4.78, 5) is 4.21. The first-order valence-corrected chi connectivity index (χ1v) is 6.64. The van der Waals surface area contributed by atoms with E-state index in [2.05, 4.69) is 20.9 Å². The molecule has 1 saturated carbocycles. The van der Waals surface area contributed by atoms with Crippen LogP contribution in [-0.4, -0.2) is 16.7 Å². The van der Waals surface area contributed by atoms with Crippen molar-refractivity contribution in [3.63, 3.8) is 0 Å². The van der Waals surface area contributed by atoms with Gasteiger partial charge in [0.15, 0.2) is 0 Å². The first-order chi connectivity index (χ1) is 9.81. The van der Waals surface area contributed by atoms with E-state index >= 15 is 0 Å². The summed E-state index contributed by atoms with van der Waals surface area (Å²) in [6.45, 7) is 0.693. The lowest BCUT2D eigenvalue weighted by atomic mass is 10.2. The van der Waals surface area contributed by atoms with Crippen molar-refractivity contribution >= 4 is 5.69 Å². The third-order valence-electron chi connectivity index (χ3n) is 3.48. The van der Waals surface area contributed by atoms with E-state index in [1.165, 1.54) is 18.5 Å². The van der Waals surface area contributed by atoms with Crippen LogP contribution in [0.5, 0.6) is 5.75 Å². The largest absolute Gasteiger partial charge is 0.495 e. The van der Waals surface area contributed by atoms with Gasteiger partial charge < -0.3 is 14.6 Å². The van der Waals surface area contributed by atoms with Gasteiger partial charge in [0.25, 0.3) is 0 Å². The molecule has 1 fully saturated rings. The van der Waals surface area contributed by atoms with Crippen LogP contribution in [0.25, 0.3) is 0 Å². The van der Waals surface area contributed by atoms with Crippen LogP contribution < -0.4 is 10.1 Å². The Morgan fingerprint density at radius 2 is 2.35 bits per heavy atom. The third kappa shape index (κ3) is 2.45. The molecule has 0 amide bonds. The molecule has 5 nitrogen and oxygen atoms in total. The van der Waals surface area contributed by atoms with Crippen LogP contribution in [0.4, 0.5) is 5.69 Å². The molecule has 102 valence electrons. The van der Waals surface area contributed by atoms with Gasteiger partial charge in [0, 0.05) is 18.3 Å². The summed E-state index contributed by atoms with van der Waals surface area (Å²) >= 11 is 0. The van der Waals surface area contributed by atoms with Gasteiger partial charge in [-0.05, 0) is 25.0 Å². The molecule has 0 radical (unpaired) electrons. The van der Waals surface area contributed by atoms with Crippen LogP contribution in [0.3, 0.4) is 0 Å². The van der Waals surface area contributed by atoms with Gasteiger partial charge in [-0.3, -0.25) is 0 Å². The second-order valence-electron chi connectivity index (χ2n) is 4.90. The Labute approximate surface area is 117 Å². The Kier molecular flexibility index (Phi) is 3.30. The second kappa shape index (κ2) is 5.25. The van der Waals surface area contributed by atoms with E-state index in [0.29, 0.717) is 23.9 Å². The highest BCUT2D eigenvalue weighted by atomic mass is 16.5. The molecule has 0 unspecified atom stereocenters. The zero-order valence-corrected chi connectivity index (χ0v) is 11.3. The lowest BCUT2D eigenvalue weighted by Gasteiger charge is -2.12. The molecule has 0 spiro atoms. The van der Waals surface area contributed by atoms with Crippen LogP contribution in [0.1, 0.15) is 30.1 Å². The van der Waals surface area contributed by atoms with Gasteiger partial charge in [0.2, 0.25) is 0 Å². The Morgan fingerprint density at radius 1 is 1.50 bits per heavy atom. The quantitative estimate of drug-likeness (QED) is 0.905. The van der Waals surface area contributed by atoms with Crippen molar-refractivity contribution in [3.8, 4) is 11.8 Å². The SMILES string of the molecule is COc1cc(C#N)ccc1NCc1cncn1C1CC1. The molecule has 1 aromatic heterocycles. The van der Waals surface area contributed by atoms with E-state index in [9.17, 15) is 0 Å². The summed E-state index contributed by atoms with van der Waals surface area (Å²) < 4.78 is 7.54. The summed E-state index contributed by atoms with van der Waals surface area (Å²) in [6.07, 6.45) is 6.26. The van der Waals surface area contributed by atoms with Crippen molar-refractivity contribution < 1.29 is 4.74 Å². The van der Waals surface area contributed by atoms with E-state index < -0.39 is 0 Å². The number of aromatic nitrogens is 2. The molecule has 1 aliphatic rings. The van der Waals surface area contributed by atoms with Gasteiger partial charge >= 0.3 is 0 Å². The summed E-state index contributed by atoms with van der Waals surface area (Å²) in [5, 5.41) is 12.2. The van der Waals surface area contributed by atoms with Crippen molar-refractivity contribution in [2.24, 2.45) is 0 Å². The molecule has 0 atom stereocenters. The molecule has 1 heterocycles. The predicted octanol–water partition coefficient (Wildman–Crippen LogP) is 2.71. The number of ether oxygens (including phenoxy) is 1. The number of rotatable bonds is 5. The third-order valence-corrected chi connectivity index (χ3v) is 3.48. The summed E-state index contributed by atoms with van der Waals surface area (Å²) in [5.41, 5.74) is 2.64. The molecule has 1 N–H and O–H groups in total. The first-order valence-electron chi connectivity index (χ1n) is 6.64. The van der Waals surface area contributed by atoms with E-state index in [1.807, 2.05) is 18.6 Å². The van der Waals surface area contributed by atoms with Gasteiger partial charge in [0.05, 0.1) is 43.0 Å². The van der Waals surface area contributed by atoms with Crippen molar-refractivity contribution in [3.05, 3.63) is 42.0 Å². The highest BCUT2D eigenvalue weighted by Gasteiger charge is 2.25. The molecule has 20 heavy (non-hydrogen) atoms. The molecule has 5 heteroatoms. The molecule has 3 rings (SSSR count). The van der Waals surface area contributed by atoms with Crippen LogP contribution >= 0.6 is 0 Å². The smallest absolute Gasteiger partial charge is 0.143 e. The number of benzene rings is 1. The van der Waals surface area contributed by atoms with Crippen LogP contribution in [-0.2, 0) is 6.54 Å². The fourth-order valence-electron chi connectivity index (χ4n) is 2.24. The molecule has 0 bridgehead atoms. The Balaban J connectivity index is 1.74. The molecule has 0 aliphatic heterocycles.